The van der Waals surface area contributed by atoms with Crippen molar-refractivity contribution in [1.29, 1.82) is 0 Å². The number of hydrogen-bond acceptors (Lipinski definition) is 2. The van der Waals surface area contributed by atoms with Gasteiger partial charge in [0.25, 0.3) is 0 Å². The van der Waals surface area contributed by atoms with Gasteiger partial charge in [-0.25, -0.2) is 0 Å². The largest absolute Gasteiger partial charge is 0.489 e. The van der Waals surface area contributed by atoms with E-state index in [1.165, 1.54) is 0 Å². The summed E-state index contributed by atoms with van der Waals surface area (Å²) in [5.74, 6) is 0.890. The van der Waals surface area contributed by atoms with Crippen LogP contribution in [0.25, 0.3) is 0 Å². The lowest BCUT2D eigenvalue weighted by Crippen LogP contribution is -2.03. The fourth-order valence-electron chi connectivity index (χ4n) is 1.95. The molecule has 4 heteroatoms. The normalized spacial score (nSPS) is 10.6. The molecule has 0 atom stereocenters. The maximum absolute atomic E-state index is 6.14. The van der Waals surface area contributed by atoms with E-state index in [9.17, 15) is 0 Å². The second kappa shape index (κ2) is 7.67. The van der Waals surface area contributed by atoms with Crippen LogP contribution in [-0.4, -0.2) is 6.54 Å². The lowest BCUT2D eigenvalue weighted by molar-refractivity contribution is 0.303. The third-order valence-corrected chi connectivity index (χ3v) is 3.88. The van der Waals surface area contributed by atoms with Gasteiger partial charge < -0.3 is 10.5 Å². The zero-order valence-electron chi connectivity index (χ0n) is 11.1. The summed E-state index contributed by atoms with van der Waals surface area (Å²) in [4.78, 5) is 0. The number of rotatable bonds is 6. The minimum Gasteiger partial charge on any atom is -0.489 e. The highest BCUT2D eigenvalue weighted by atomic mass is 79.9. The number of aryl methyl sites for hydroxylation is 1. The topological polar surface area (TPSA) is 35.2 Å². The molecule has 2 aromatic carbocycles. The average Bonchev–Trinajstić information content (AvgIpc) is 2.45. The van der Waals surface area contributed by atoms with Gasteiger partial charge >= 0.3 is 0 Å². The van der Waals surface area contributed by atoms with Crippen LogP contribution in [0.2, 0.25) is 5.02 Å². The molecule has 0 bridgehead atoms. The zero-order chi connectivity index (χ0) is 14.4. The quantitative estimate of drug-likeness (QED) is 0.824. The number of benzene rings is 2. The van der Waals surface area contributed by atoms with E-state index in [0.29, 0.717) is 13.2 Å². The van der Waals surface area contributed by atoms with Crippen molar-refractivity contribution in [2.24, 2.45) is 5.73 Å². The summed E-state index contributed by atoms with van der Waals surface area (Å²) in [5, 5.41) is 0.730. The molecule has 0 saturated carbocycles. The molecule has 0 spiro atoms. The van der Waals surface area contributed by atoms with Gasteiger partial charge in [0.05, 0.1) is 0 Å². The molecule has 0 unspecified atom stereocenters. The number of halogens is 2. The van der Waals surface area contributed by atoms with E-state index < -0.39 is 0 Å². The lowest BCUT2D eigenvalue weighted by atomic mass is 10.1. The smallest absolute Gasteiger partial charge is 0.123 e. The molecule has 2 aromatic rings. The van der Waals surface area contributed by atoms with Crippen molar-refractivity contribution in [3.63, 3.8) is 0 Å². The summed E-state index contributed by atoms with van der Waals surface area (Å²) in [7, 11) is 0. The van der Waals surface area contributed by atoms with Gasteiger partial charge in [-0.1, -0.05) is 45.7 Å². The summed E-state index contributed by atoms with van der Waals surface area (Å²) in [6.45, 7) is 1.15. The highest BCUT2D eigenvalue weighted by Gasteiger charge is 2.06. The van der Waals surface area contributed by atoms with Crippen molar-refractivity contribution in [3.8, 4) is 5.75 Å². The SMILES string of the molecule is NCCCc1cc(Br)ccc1OCc1ccccc1Cl. The third-order valence-electron chi connectivity index (χ3n) is 3.01. The van der Waals surface area contributed by atoms with Crippen LogP contribution in [0.1, 0.15) is 17.5 Å². The monoisotopic (exact) mass is 353 g/mol. The second-order valence-corrected chi connectivity index (χ2v) is 5.85. The first-order chi connectivity index (χ1) is 9.70. The molecule has 0 aliphatic heterocycles. The number of hydrogen-bond donors (Lipinski definition) is 1. The molecule has 2 rings (SSSR count). The molecule has 0 heterocycles. The Kier molecular flexibility index (Phi) is 5.89. The van der Waals surface area contributed by atoms with E-state index >= 15 is 0 Å². The Labute approximate surface area is 133 Å². The van der Waals surface area contributed by atoms with Crippen LogP contribution in [-0.2, 0) is 13.0 Å². The highest BCUT2D eigenvalue weighted by molar-refractivity contribution is 9.10. The average molecular weight is 355 g/mol. The van der Waals surface area contributed by atoms with Gasteiger partial charge in [-0.2, -0.15) is 0 Å². The molecule has 0 amide bonds. The lowest BCUT2D eigenvalue weighted by Gasteiger charge is -2.12. The molecule has 0 radical (unpaired) electrons. The molecule has 2 nitrogen and oxygen atoms in total. The third kappa shape index (κ3) is 4.23. The minimum absolute atomic E-state index is 0.469. The van der Waals surface area contributed by atoms with Gasteiger partial charge in [0, 0.05) is 15.1 Å². The van der Waals surface area contributed by atoms with Crippen molar-refractivity contribution >= 4 is 27.5 Å². The Morgan fingerprint density at radius 3 is 2.65 bits per heavy atom. The molecule has 0 aliphatic rings. The Bertz CT molecular complexity index is 574. The van der Waals surface area contributed by atoms with Gasteiger partial charge in [-0.05, 0) is 49.2 Å². The minimum atomic E-state index is 0.469. The van der Waals surface area contributed by atoms with Crippen LogP contribution in [0, 0.1) is 0 Å². The van der Waals surface area contributed by atoms with Crippen molar-refractivity contribution in [2.75, 3.05) is 6.54 Å². The van der Waals surface area contributed by atoms with E-state index in [-0.39, 0.29) is 0 Å². The first kappa shape index (κ1) is 15.4. The Hall–Kier alpha value is -1.03. The van der Waals surface area contributed by atoms with Gasteiger partial charge in [-0.3, -0.25) is 0 Å². The molecule has 20 heavy (non-hydrogen) atoms. The van der Waals surface area contributed by atoms with Crippen molar-refractivity contribution in [1.82, 2.24) is 0 Å². The Balaban J connectivity index is 2.10. The van der Waals surface area contributed by atoms with Crippen LogP contribution in [0.5, 0.6) is 5.75 Å². The van der Waals surface area contributed by atoms with Crippen LogP contribution >= 0.6 is 27.5 Å². The second-order valence-electron chi connectivity index (χ2n) is 4.52. The standard InChI is InChI=1S/C16H17BrClNO/c17-14-7-8-16(12(10-14)5-3-9-19)20-11-13-4-1-2-6-15(13)18/h1-2,4,6-8,10H,3,5,9,11,19H2. The predicted molar refractivity (Wildman–Crippen MR) is 87.3 cm³/mol. The molecule has 0 fully saturated rings. The van der Waals surface area contributed by atoms with E-state index in [2.05, 4.69) is 22.0 Å². The molecule has 0 saturated heterocycles. The summed E-state index contributed by atoms with van der Waals surface area (Å²) in [6.07, 6.45) is 1.85. The first-order valence-corrected chi connectivity index (χ1v) is 7.72. The molecule has 106 valence electrons. The van der Waals surface area contributed by atoms with Gasteiger partial charge in [0.15, 0.2) is 0 Å². The highest BCUT2D eigenvalue weighted by Crippen LogP contribution is 2.26. The molecule has 0 aromatic heterocycles. The molecule has 2 N–H and O–H groups in total. The number of nitrogens with two attached hydrogens (primary N) is 1. The first-order valence-electron chi connectivity index (χ1n) is 6.55. The fourth-order valence-corrected chi connectivity index (χ4v) is 2.55. The van der Waals surface area contributed by atoms with Crippen LogP contribution in [0.4, 0.5) is 0 Å². The molecular formula is C16H17BrClNO. The van der Waals surface area contributed by atoms with Crippen LogP contribution < -0.4 is 10.5 Å². The van der Waals surface area contributed by atoms with E-state index in [1.807, 2.05) is 36.4 Å². The summed E-state index contributed by atoms with van der Waals surface area (Å²) >= 11 is 9.62. The summed E-state index contributed by atoms with van der Waals surface area (Å²) < 4.78 is 6.96. The predicted octanol–water partition coefficient (Wildman–Crippen LogP) is 4.57. The maximum atomic E-state index is 6.14. The van der Waals surface area contributed by atoms with Crippen molar-refractivity contribution in [3.05, 3.63) is 63.1 Å². The Morgan fingerprint density at radius 2 is 1.90 bits per heavy atom. The van der Waals surface area contributed by atoms with Crippen LogP contribution in [0.15, 0.2) is 46.9 Å². The van der Waals surface area contributed by atoms with Crippen molar-refractivity contribution < 1.29 is 4.74 Å². The maximum Gasteiger partial charge on any atom is 0.123 e. The molecular weight excluding hydrogens is 338 g/mol. The fraction of sp³-hybridized carbons (Fsp3) is 0.250. The molecule has 0 aliphatic carbocycles. The van der Waals surface area contributed by atoms with Gasteiger partial charge in [0.1, 0.15) is 12.4 Å². The van der Waals surface area contributed by atoms with Crippen LogP contribution in [0.3, 0.4) is 0 Å². The summed E-state index contributed by atoms with van der Waals surface area (Å²) in [6, 6.07) is 13.8. The van der Waals surface area contributed by atoms with Gasteiger partial charge in [-0.15, -0.1) is 0 Å². The number of ether oxygens (including phenoxy) is 1. The van der Waals surface area contributed by atoms with Gasteiger partial charge in [0.2, 0.25) is 0 Å². The van der Waals surface area contributed by atoms with E-state index in [1.54, 1.807) is 0 Å². The summed E-state index contributed by atoms with van der Waals surface area (Å²) in [5.41, 5.74) is 7.73. The van der Waals surface area contributed by atoms with E-state index in [4.69, 9.17) is 22.1 Å². The van der Waals surface area contributed by atoms with E-state index in [0.717, 1.165) is 39.2 Å². The zero-order valence-corrected chi connectivity index (χ0v) is 13.5. The Morgan fingerprint density at radius 1 is 1.10 bits per heavy atom. The van der Waals surface area contributed by atoms with Crippen molar-refractivity contribution in [2.45, 2.75) is 19.4 Å².